The van der Waals surface area contributed by atoms with Crippen molar-refractivity contribution in [2.24, 2.45) is 0 Å². The minimum atomic E-state index is -0.135. The summed E-state index contributed by atoms with van der Waals surface area (Å²) in [5.74, 6) is 0.363. The Morgan fingerprint density at radius 3 is 2.45 bits per heavy atom. The van der Waals surface area contributed by atoms with Gasteiger partial charge in [0.1, 0.15) is 5.75 Å². The van der Waals surface area contributed by atoms with Gasteiger partial charge in [-0.3, -0.25) is 0 Å². The second-order valence-corrected chi connectivity index (χ2v) is 2.26. The van der Waals surface area contributed by atoms with E-state index in [1.807, 2.05) is 0 Å². The van der Waals surface area contributed by atoms with Crippen LogP contribution in [0.4, 0.5) is 0 Å². The smallest absolute Gasteiger partial charge is 0.872 e. The molecule has 0 bridgehead atoms. The summed E-state index contributed by atoms with van der Waals surface area (Å²) in [4.78, 5) is 0. The standard InChI is InChI=1S/C7H7ClO2.K/c1-10-7-3-5(8)2-6(9)4-7;/h2-4,9H,1H3;/q;+1/p-1. The first-order valence-electron chi connectivity index (χ1n) is 2.74. The van der Waals surface area contributed by atoms with Crippen LogP contribution in [0, 0.1) is 0 Å². The molecule has 0 saturated carbocycles. The van der Waals surface area contributed by atoms with Gasteiger partial charge in [0.2, 0.25) is 0 Å². The van der Waals surface area contributed by atoms with Crippen molar-refractivity contribution < 1.29 is 61.2 Å². The van der Waals surface area contributed by atoms with E-state index in [4.69, 9.17) is 16.3 Å². The predicted molar refractivity (Wildman–Crippen MR) is 37.5 cm³/mol. The first kappa shape index (κ1) is 11.7. The van der Waals surface area contributed by atoms with E-state index < -0.39 is 0 Å². The van der Waals surface area contributed by atoms with Crippen molar-refractivity contribution in [3.8, 4) is 11.5 Å². The van der Waals surface area contributed by atoms with Crippen molar-refractivity contribution in [1.29, 1.82) is 0 Å². The minimum absolute atomic E-state index is 0. The van der Waals surface area contributed by atoms with Crippen molar-refractivity contribution in [3.63, 3.8) is 0 Å². The van der Waals surface area contributed by atoms with E-state index in [9.17, 15) is 5.11 Å². The molecule has 2 nitrogen and oxygen atoms in total. The maximum absolute atomic E-state index is 10.7. The molecule has 0 aliphatic carbocycles. The number of rotatable bonds is 1. The SMILES string of the molecule is COc1cc([O-])cc(Cl)c1.[K+]. The Morgan fingerprint density at radius 2 is 2.00 bits per heavy atom. The molecule has 0 aromatic heterocycles. The maximum Gasteiger partial charge on any atom is 1.00 e. The van der Waals surface area contributed by atoms with Gasteiger partial charge in [0, 0.05) is 5.02 Å². The van der Waals surface area contributed by atoms with Gasteiger partial charge in [0.25, 0.3) is 0 Å². The summed E-state index contributed by atoms with van der Waals surface area (Å²) >= 11 is 5.55. The van der Waals surface area contributed by atoms with E-state index in [-0.39, 0.29) is 57.1 Å². The molecule has 11 heavy (non-hydrogen) atoms. The van der Waals surface area contributed by atoms with Gasteiger partial charge in [-0.1, -0.05) is 17.7 Å². The molecular weight excluding hydrogens is 191 g/mol. The van der Waals surface area contributed by atoms with E-state index >= 15 is 0 Å². The zero-order chi connectivity index (χ0) is 7.56. The molecule has 1 aromatic rings. The van der Waals surface area contributed by atoms with Gasteiger partial charge in [-0.25, -0.2) is 0 Å². The molecule has 0 N–H and O–H groups in total. The Hall–Kier alpha value is 0.746. The molecule has 4 heteroatoms. The third-order valence-electron chi connectivity index (χ3n) is 1.08. The van der Waals surface area contributed by atoms with Crippen molar-refractivity contribution >= 4 is 11.6 Å². The van der Waals surface area contributed by atoms with Gasteiger partial charge in [-0.2, -0.15) is 0 Å². The summed E-state index contributed by atoms with van der Waals surface area (Å²) < 4.78 is 4.79. The second kappa shape index (κ2) is 5.40. The molecule has 54 valence electrons. The Balaban J connectivity index is 0.000001000. The number of hydrogen-bond acceptors (Lipinski definition) is 2. The summed E-state index contributed by atoms with van der Waals surface area (Å²) in [5.41, 5.74) is 0. The van der Waals surface area contributed by atoms with Crippen LogP contribution in [-0.4, -0.2) is 7.11 Å². The van der Waals surface area contributed by atoms with Crippen LogP contribution < -0.4 is 61.2 Å². The average molecular weight is 197 g/mol. The molecule has 0 aliphatic heterocycles. The Kier molecular flexibility index (Phi) is 5.77. The largest absolute Gasteiger partial charge is 1.00 e. The van der Waals surface area contributed by atoms with Gasteiger partial charge < -0.3 is 9.84 Å². The predicted octanol–water partition coefficient (Wildman–Crippen LogP) is -1.57. The van der Waals surface area contributed by atoms with Crippen LogP contribution in [0.3, 0.4) is 0 Å². The molecule has 0 saturated heterocycles. The monoisotopic (exact) mass is 196 g/mol. The van der Waals surface area contributed by atoms with Crippen LogP contribution in [0.25, 0.3) is 0 Å². The van der Waals surface area contributed by atoms with Crippen LogP contribution in [-0.2, 0) is 0 Å². The topological polar surface area (TPSA) is 32.3 Å². The molecule has 0 radical (unpaired) electrons. The quantitative estimate of drug-likeness (QED) is 0.509. The number of methoxy groups -OCH3 is 1. The van der Waals surface area contributed by atoms with Crippen molar-refractivity contribution in [2.75, 3.05) is 7.11 Å². The molecule has 1 aromatic carbocycles. The van der Waals surface area contributed by atoms with E-state index in [1.165, 1.54) is 19.2 Å². The van der Waals surface area contributed by atoms with Crippen LogP contribution >= 0.6 is 11.6 Å². The van der Waals surface area contributed by atoms with Crippen LogP contribution in [0.1, 0.15) is 0 Å². The van der Waals surface area contributed by atoms with E-state index in [2.05, 4.69) is 0 Å². The van der Waals surface area contributed by atoms with Gasteiger partial charge in [-0.15, -0.1) is 5.75 Å². The van der Waals surface area contributed by atoms with Crippen LogP contribution in [0.2, 0.25) is 5.02 Å². The van der Waals surface area contributed by atoms with Crippen molar-refractivity contribution in [2.45, 2.75) is 0 Å². The van der Waals surface area contributed by atoms with E-state index in [1.54, 1.807) is 6.07 Å². The van der Waals surface area contributed by atoms with E-state index in [0.717, 1.165) is 0 Å². The fourth-order valence-electron chi connectivity index (χ4n) is 0.655. The summed E-state index contributed by atoms with van der Waals surface area (Å²) in [5, 5.41) is 11.1. The fourth-order valence-corrected chi connectivity index (χ4v) is 0.870. The Morgan fingerprint density at radius 1 is 1.36 bits per heavy atom. The number of hydrogen-bond donors (Lipinski definition) is 0. The molecule has 1 rings (SSSR count). The summed E-state index contributed by atoms with van der Waals surface area (Å²) in [7, 11) is 1.49. The summed E-state index contributed by atoms with van der Waals surface area (Å²) in [6.45, 7) is 0. The van der Waals surface area contributed by atoms with Gasteiger partial charge >= 0.3 is 51.4 Å². The minimum Gasteiger partial charge on any atom is -0.872 e. The first-order valence-corrected chi connectivity index (χ1v) is 3.12. The van der Waals surface area contributed by atoms with E-state index in [0.29, 0.717) is 10.8 Å². The molecule has 0 unspecified atom stereocenters. The van der Waals surface area contributed by atoms with Gasteiger partial charge in [-0.05, 0) is 12.1 Å². The average Bonchev–Trinajstić information content (AvgIpc) is 1.85. The van der Waals surface area contributed by atoms with Gasteiger partial charge in [0.15, 0.2) is 0 Å². The fraction of sp³-hybridized carbons (Fsp3) is 0.143. The zero-order valence-corrected chi connectivity index (χ0v) is 10.3. The molecule has 0 amide bonds. The van der Waals surface area contributed by atoms with Crippen LogP contribution in [0.15, 0.2) is 18.2 Å². The Bertz CT molecular complexity index is 220. The number of ether oxygens (including phenoxy) is 1. The first-order chi connectivity index (χ1) is 4.72. The number of benzene rings is 1. The van der Waals surface area contributed by atoms with Crippen molar-refractivity contribution in [3.05, 3.63) is 23.2 Å². The second-order valence-electron chi connectivity index (χ2n) is 1.83. The third kappa shape index (κ3) is 3.78. The maximum atomic E-state index is 10.7. The normalized spacial score (nSPS) is 8.55. The Labute approximate surface area is 113 Å². The molecule has 0 spiro atoms. The molecule has 0 aliphatic rings. The number of halogens is 1. The third-order valence-corrected chi connectivity index (χ3v) is 1.30. The summed E-state index contributed by atoms with van der Waals surface area (Å²) in [6, 6.07) is 4.30. The van der Waals surface area contributed by atoms with Crippen LogP contribution in [0.5, 0.6) is 11.5 Å². The van der Waals surface area contributed by atoms with Gasteiger partial charge in [0.05, 0.1) is 7.11 Å². The van der Waals surface area contributed by atoms with Crippen molar-refractivity contribution in [1.82, 2.24) is 0 Å². The zero-order valence-electron chi connectivity index (χ0n) is 6.43. The molecular formula is C7H6ClKO2. The molecule has 0 fully saturated rings. The molecule has 0 heterocycles. The summed E-state index contributed by atoms with van der Waals surface area (Å²) in [6.07, 6.45) is 0. The molecule has 0 atom stereocenters.